The van der Waals surface area contributed by atoms with Crippen LogP contribution in [0.2, 0.25) is 0 Å². The van der Waals surface area contributed by atoms with Crippen LogP contribution in [0, 0.1) is 0 Å². The largest absolute Gasteiger partial charge is 1.00 e. The molecule has 0 radical (unpaired) electrons. The van der Waals surface area contributed by atoms with Crippen LogP contribution < -0.4 is 29.6 Å². The summed E-state index contributed by atoms with van der Waals surface area (Å²) in [7, 11) is -9.62. The molecule has 1 aromatic carbocycles. The maximum absolute atomic E-state index is 10.7. The fourth-order valence-corrected chi connectivity index (χ4v) is 2.69. The molecule has 10 heteroatoms. The van der Waals surface area contributed by atoms with Gasteiger partial charge in [-0.15, -0.1) is 0 Å². The van der Waals surface area contributed by atoms with Crippen molar-refractivity contribution in [2.45, 2.75) is 9.79 Å². The van der Waals surface area contributed by atoms with E-state index in [1.165, 1.54) is 0 Å². The summed E-state index contributed by atoms with van der Waals surface area (Å²) in [5.41, 5.74) is 0. The van der Waals surface area contributed by atoms with Gasteiger partial charge in [-0.2, -0.15) is 16.8 Å². The third kappa shape index (κ3) is 3.70. The zero-order chi connectivity index (χ0) is 11.9. The van der Waals surface area contributed by atoms with Gasteiger partial charge in [0.2, 0.25) is 0 Å². The zero-order valence-corrected chi connectivity index (χ0v) is 11.7. The molecule has 0 aliphatic rings. The molecule has 0 spiro atoms. The van der Waals surface area contributed by atoms with Crippen LogP contribution in [-0.2, 0) is 20.2 Å². The van der Waals surface area contributed by atoms with Gasteiger partial charge in [-0.1, -0.05) is 0 Å². The Morgan fingerprint density at radius 1 is 0.938 bits per heavy atom. The second kappa shape index (κ2) is 5.00. The normalized spacial score (nSPS) is 11.9. The second-order valence-corrected chi connectivity index (χ2v) is 5.36. The molecule has 0 aliphatic carbocycles. The van der Waals surface area contributed by atoms with Crippen LogP contribution in [0.3, 0.4) is 0 Å². The molecule has 0 atom stereocenters. The monoisotopic (exact) mass is 278 g/mol. The predicted molar refractivity (Wildman–Crippen MR) is 48.8 cm³/mol. The number of phenolic OH excluding ortho intramolecular Hbond substituents is 1. The van der Waals surface area contributed by atoms with Gasteiger partial charge in [0.1, 0.15) is 15.5 Å². The van der Waals surface area contributed by atoms with Gasteiger partial charge in [-0.3, -0.25) is 9.11 Å². The van der Waals surface area contributed by atoms with E-state index >= 15 is 0 Å². The number of hydrogen-bond donors (Lipinski definition) is 3. The molecule has 0 bridgehead atoms. The molecular weight excluding hydrogens is 271 g/mol. The van der Waals surface area contributed by atoms with Crippen molar-refractivity contribution in [1.29, 1.82) is 0 Å². The Balaban J connectivity index is 0. The minimum absolute atomic E-state index is 0. The molecule has 1 aromatic rings. The fourth-order valence-electron chi connectivity index (χ4n) is 0.911. The van der Waals surface area contributed by atoms with Gasteiger partial charge in [-0.05, 0) is 12.1 Å². The van der Waals surface area contributed by atoms with Crippen molar-refractivity contribution in [1.82, 2.24) is 0 Å². The van der Waals surface area contributed by atoms with Gasteiger partial charge in [0, 0.05) is 6.07 Å². The molecule has 16 heavy (non-hydrogen) atoms. The van der Waals surface area contributed by atoms with Crippen LogP contribution in [0.4, 0.5) is 0 Å². The Morgan fingerprint density at radius 2 is 1.38 bits per heavy atom. The Morgan fingerprint density at radius 3 is 1.75 bits per heavy atom. The molecule has 7 nitrogen and oxygen atoms in total. The minimum Gasteiger partial charge on any atom is -1.00 e. The van der Waals surface area contributed by atoms with Crippen molar-refractivity contribution < 1.29 is 62.0 Å². The van der Waals surface area contributed by atoms with E-state index in [2.05, 4.69) is 0 Å². The van der Waals surface area contributed by atoms with Crippen LogP contribution >= 0.6 is 0 Å². The van der Waals surface area contributed by atoms with Gasteiger partial charge in [0.05, 0.1) is 0 Å². The smallest absolute Gasteiger partial charge is 1.00 e. The Kier molecular flexibility index (Phi) is 4.95. The molecule has 0 saturated carbocycles. The first kappa shape index (κ1) is 15.8. The first-order valence-electron chi connectivity index (χ1n) is 3.40. The maximum atomic E-state index is 10.7. The van der Waals surface area contributed by atoms with Crippen LogP contribution in [0.25, 0.3) is 0 Å². The molecule has 1 rings (SSSR count). The average Bonchev–Trinajstić information content (AvgIpc) is 2.00. The molecule has 0 heterocycles. The molecule has 0 fully saturated rings. The van der Waals surface area contributed by atoms with Crippen molar-refractivity contribution in [3.05, 3.63) is 18.2 Å². The molecule has 86 valence electrons. The van der Waals surface area contributed by atoms with E-state index in [9.17, 15) is 16.8 Å². The second-order valence-electron chi connectivity index (χ2n) is 2.58. The SMILES string of the molecule is O=S(=O)(O)c1ccc(O)cc1S(=O)(=O)O.[H-].[Na+]. The first-order chi connectivity index (χ1) is 6.62. The van der Waals surface area contributed by atoms with Crippen molar-refractivity contribution in [2.75, 3.05) is 0 Å². The van der Waals surface area contributed by atoms with Gasteiger partial charge in [0.25, 0.3) is 20.2 Å². The van der Waals surface area contributed by atoms with Crippen molar-refractivity contribution in [2.24, 2.45) is 0 Å². The Bertz CT molecular complexity index is 595. The first-order valence-corrected chi connectivity index (χ1v) is 6.28. The minimum atomic E-state index is -4.84. The van der Waals surface area contributed by atoms with Crippen LogP contribution in [-0.4, -0.2) is 31.0 Å². The Hall–Kier alpha value is -0.160. The van der Waals surface area contributed by atoms with E-state index in [-0.39, 0.29) is 31.0 Å². The summed E-state index contributed by atoms with van der Waals surface area (Å²) < 4.78 is 60.1. The van der Waals surface area contributed by atoms with Gasteiger partial charge in [-0.25, -0.2) is 0 Å². The molecular formula is C6H7NaO7S2. The number of benzene rings is 1. The van der Waals surface area contributed by atoms with E-state index in [4.69, 9.17) is 14.2 Å². The standard InChI is InChI=1S/C6H6O7S2.Na.H/c7-4-1-2-5(14(8,9)10)6(3-4)15(11,12)13;;/h1-3,7H,(H,8,9,10)(H,11,12,13);;/q;+1;-1. The zero-order valence-electron chi connectivity index (χ0n) is 9.02. The van der Waals surface area contributed by atoms with E-state index in [0.29, 0.717) is 12.1 Å². The molecule has 0 aliphatic heterocycles. The summed E-state index contributed by atoms with van der Waals surface area (Å²) in [4.78, 5) is -2.08. The molecule has 3 N–H and O–H groups in total. The summed E-state index contributed by atoms with van der Waals surface area (Å²) >= 11 is 0. The number of phenols is 1. The summed E-state index contributed by atoms with van der Waals surface area (Å²) in [6.07, 6.45) is 0. The number of aromatic hydroxyl groups is 1. The molecule has 0 unspecified atom stereocenters. The quantitative estimate of drug-likeness (QED) is 0.388. The topological polar surface area (TPSA) is 129 Å². The van der Waals surface area contributed by atoms with Gasteiger partial charge in [0.15, 0.2) is 0 Å². The molecule has 0 aromatic heterocycles. The van der Waals surface area contributed by atoms with E-state index in [1.807, 2.05) is 0 Å². The summed E-state index contributed by atoms with van der Waals surface area (Å²) in [6, 6.07) is 2.03. The van der Waals surface area contributed by atoms with Crippen molar-refractivity contribution in [3.63, 3.8) is 0 Å². The Labute approximate surface area is 115 Å². The number of hydrogen-bond acceptors (Lipinski definition) is 5. The summed E-state index contributed by atoms with van der Waals surface area (Å²) in [6.45, 7) is 0. The summed E-state index contributed by atoms with van der Waals surface area (Å²) in [5, 5.41) is 8.91. The third-order valence-electron chi connectivity index (χ3n) is 1.48. The average molecular weight is 278 g/mol. The third-order valence-corrected chi connectivity index (χ3v) is 3.42. The molecule has 0 saturated heterocycles. The maximum Gasteiger partial charge on any atom is 1.00 e. The van der Waals surface area contributed by atoms with E-state index in [0.717, 1.165) is 6.07 Å². The van der Waals surface area contributed by atoms with E-state index in [1.54, 1.807) is 0 Å². The van der Waals surface area contributed by atoms with Crippen LogP contribution in [0.15, 0.2) is 28.0 Å². The van der Waals surface area contributed by atoms with E-state index < -0.39 is 35.8 Å². The van der Waals surface area contributed by atoms with Crippen LogP contribution in [0.1, 0.15) is 1.43 Å². The van der Waals surface area contributed by atoms with Crippen molar-refractivity contribution in [3.8, 4) is 5.75 Å². The van der Waals surface area contributed by atoms with Crippen LogP contribution in [0.5, 0.6) is 5.75 Å². The summed E-state index contributed by atoms with van der Waals surface area (Å²) in [5.74, 6) is -0.560. The van der Waals surface area contributed by atoms with Gasteiger partial charge >= 0.3 is 29.6 Å². The van der Waals surface area contributed by atoms with Crippen molar-refractivity contribution >= 4 is 20.2 Å². The van der Waals surface area contributed by atoms with Gasteiger partial charge < -0.3 is 6.53 Å². The number of rotatable bonds is 2. The fraction of sp³-hybridized carbons (Fsp3) is 0. The predicted octanol–water partition coefficient (Wildman–Crippen LogP) is -3.00. The molecule has 0 amide bonds.